The number of esters is 1. The third-order valence-corrected chi connectivity index (χ3v) is 4.24. The van der Waals surface area contributed by atoms with Crippen molar-refractivity contribution in [2.75, 3.05) is 7.11 Å². The van der Waals surface area contributed by atoms with Crippen molar-refractivity contribution in [1.29, 1.82) is 5.26 Å². The van der Waals surface area contributed by atoms with Gasteiger partial charge in [0, 0.05) is 19.2 Å². The van der Waals surface area contributed by atoms with Gasteiger partial charge in [0.05, 0.1) is 28.8 Å². The number of halogens is 5. The van der Waals surface area contributed by atoms with Crippen LogP contribution in [0.4, 0.5) is 13.2 Å². The van der Waals surface area contributed by atoms with E-state index in [1.165, 1.54) is 33.2 Å². The number of methoxy groups -OCH3 is 1. The lowest BCUT2D eigenvalue weighted by Crippen LogP contribution is -2.25. The molecule has 0 fully saturated rings. The average molecular weight is 464 g/mol. The summed E-state index contributed by atoms with van der Waals surface area (Å²) in [5.74, 6) is -1.13. The van der Waals surface area contributed by atoms with Crippen molar-refractivity contribution in [2.24, 2.45) is 7.05 Å². The quantitative estimate of drug-likeness (QED) is 0.441. The van der Waals surface area contributed by atoms with Crippen LogP contribution in [0.1, 0.15) is 18.2 Å². The van der Waals surface area contributed by atoms with Crippen LogP contribution in [-0.4, -0.2) is 29.0 Å². The highest BCUT2D eigenvalue weighted by Crippen LogP contribution is 2.42. The van der Waals surface area contributed by atoms with Crippen molar-refractivity contribution >= 4 is 35.2 Å². The molecule has 1 atom stereocenters. The average Bonchev–Trinajstić information content (AvgIpc) is 2.98. The topological polar surface area (TPSA) is 86.4 Å². The summed E-state index contributed by atoms with van der Waals surface area (Å²) in [5.41, 5.74) is -1.71. The highest BCUT2D eigenvalue weighted by Gasteiger charge is 2.39. The lowest BCUT2D eigenvalue weighted by atomic mass is 10.2. The van der Waals surface area contributed by atoms with Crippen molar-refractivity contribution in [2.45, 2.75) is 19.2 Å². The second-order valence-corrected chi connectivity index (χ2v) is 6.56. The van der Waals surface area contributed by atoms with Gasteiger partial charge in [-0.3, -0.25) is 0 Å². The van der Waals surface area contributed by atoms with Gasteiger partial charge < -0.3 is 14.2 Å². The van der Waals surface area contributed by atoms with Gasteiger partial charge in [0.2, 0.25) is 5.88 Å². The van der Waals surface area contributed by atoms with Gasteiger partial charge in [-0.25, -0.2) is 9.48 Å². The molecule has 0 amide bonds. The Hall–Kier alpha value is -2.90. The molecule has 2 rings (SSSR count). The summed E-state index contributed by atoms with van der Waals surface area (Å²) < 4.78 is 56.3. The monoisotopic (exact) mass is 463 g/mol. The number of benzene rings is 1. The Balaban J connectivity index is 2.51. The Bertz CT molecular complexity index is 1030. The van der Waals surface area contributed by atoms with Crippen molar-refractivity contribution in [3.8, 4) is 23.4 Å². The van der Waals surface area contributed by atoms with Crippen molar-refractivity contribution in [1.82, 2.24) is 9.78 Å². The lowest BCUT2D eigenvalue weighted by molar-refractivity contribution is -0.148. The van der Waals surface area contributed by atoms with E-state index in [1.807, 2.05) is 0 Å². The van der Waals surface area contributed by atoms with Gasteiger partial charge in [-0.15, -0.1) is 0 Å². The minimum atomic E-state index is -4.79. The molecule has 0 aliphatic heterocycles. The summed E-state index contributed by atoms with van der Waals surface area (Å²) in [5, 5.41) is 12.1. The number of ether oxygens (including phenoxy) is 3. The van der Waals surface area contributed by atoms with Gasteiger partial charge >= 0.3 is 12.1 Å². The molecule has 0 N–H and O–H groups in total. The first-order valence-electron chi connectivity index (χ1n) is 8.11. The number of carbonyl (C=O) groups is 1. The normalized spacial score (nSPS) is 12.5. The van der Waals surface area contributed by atoms with Crippen LogP contribution in [0.25, 0.3) is 6.08 Å². The van der Waals surface area contributed by atoms with E-state index in [9.17, 15) is 18.0 Å². The van der Waals surface area contributed by atoms with Crippen molar-refractivity contribution < 1.29 is 32.2 Å². The highest BCUT2D eigenvalue weighted by molar-refractivity contribution is 6.36. The first-order chi connectivity index (χ1) is 14.0. The number of aromatic nitrogens is 2. The van der Waals surface area contributed by atoms with E-state index in [-0.39, 0.29) is 27.4 Å². The summed E-state index contributed by atoms with van der Waals surface area (Å²) in [6.45, 7) is 1.42. The molecular formula is C18H14Cl2F3N3O4. The van der Waals surface area contributed by atoms with Gasteiger partial charge in [0.1, 0.15) is 5.75 Å². The molecule has 1 aromatic heterocycles. The number of hydrogen-bond donors (Lipinski definition) is 0. The summed E-state index contributed by atoms with van der Waals surface area (Å²) >= 11 is 12.2. The number of allylic oxidation sites excluding steroid dienone is 1. The van der Waals surface area contributed by atoms with Gasteiger partial charge in [0.15, 0.2) is 17.5 Å². The van der Waals surface area contributed by atoms with E-state index < -0.39 is 29.5 Å². The molecule has 0 saturated carbocycles. The van der Waals surface area contributed by atoms with E-state index >= 15 is 0 Å². The van der Waals surface area contributed by atoms with Crippen LogP contribution in [0.3, 0.4) is 0 Å². The molecule has 12 heteroatoms. The fourth-order valence-electron chi connectivity index (χ4n) is 2.31. The van der Waals surface area contributed by atoms with E-state index in [4.69, 9.17) is 37.9 Å². The van der Waals surface area contributed by atoms with Crippen LogP contribution in [0, 0.1) is 11.3 Å². The van der Waals surface area contributed by atoms with Crippen LogP contribution >= 0.6 is 23.2 Å². The van der Waals surface area contributed by atoms with E-state index in [0.29, 0.717) is 0 Å². The van der Waals surface area contributed by atoms with Crippen molar-refractivity contribution in [3.05, 3.63) is 39.5 Å². The molecule has 0 radical (unpaired) electrons. The number of hydrogen-bond acceptors (Lipinski definition) is 6. The minimum absolute atomic E-state index is 0.0127. The summed E-state index contributed by atoms with van der Waals surface area (Å²) in [6, 6.07) is 4.06. The maximum Gasteiger partial charge on any atom is 0.435 e. The maximum absolute atomic E-state index is 13.3. The molecule has 0 saturated heterocycles. The molecule has 1 heterocycles. The Morgan fingerprint density at radius 3 is 2.50 bits per heavy atom. The Morgan fingerprint density at radius 1 is 1.30 bits per heavy atom. The van der Waals surface area contributed by atoms with Crippen LogP contribution in [0.15, 0.2) is 18.2 Å². The molecule has 2 aromatic rings. The maximum atomic E-state index is 13.3. The largest absolute Gasteiger partial charge is 0.477 e. The number of nitrogens with zero attached hydrogens (tertiary/aromatic N) is 3. The zero-order valence-corrected chi connectivity index (χ0v) is 17.3. The second-order valence-electron chi connectivity index (χ2n) is 5.75. The molecule has 0 aliphatic rings. The number of carbonyl (C=O) groups excluding carboxylic acids is 1. The van der Waals surface area contributed by atoms with Crippen LogP contribution < -0.4 is 9.47 Å². The molecule has 0 aliphatic carbocycles. The molecule has 0 unspecified atom stereocenters. The summed E-state index contributed by atoms with van der Waals surface area (Å²) in [6.07, 6.45) is -4.03. The third-order valence-electron chi connectivity index (χ3n) is 3.65. The zero-order chi connectivity index (χ0) is 22.6. The predicted molar refractivity (Wildman–Crippen MR) is 101 cm³/mol. The molecule has 30 heavy (non-hydrogen) atoms. The van der Waals surface area contributed by atoms with Gasteiger partial charge in [0.25, 0.3) is 0 Å². The SMILES string of the molecule is COC(=O)[C@H](C)Oc1cc(Oc2c(/C=C/C#N)c(C(F)(F)F)nn2C)c(Cl)cc1Cl. The zero-order valence-electron chi connectivity index (χ0n) is 15.8. The number of nitriles is 1. The first kappa shape index (κ1) is 23.4. The number of rotatable bonds is 6. The second kappa shape index (κ2) is 9.28. The summed E-state index contributed by atoms with van der Waals surface area (Å²) in [4.78, 5) is 11.6. The van der Waals surface area contributed by atoms with E-state index in [0.717, 1.165) is 16.8 Å². The Labute approximate surface area is 179 Å². The molecular weight excluding hydrogens is 450 g/mol. The number of aryl methyl sites for hydroxylation is 1. The van der Waals surface area contributed by atoms with E-state index in [2.05, 4.69) is 9.84 Å². The fraction of sp³-hybridized carbons (Fsp3) is 0.278. The lowest BCUT2D eigenvalue weighted by Gasteiger charge is -2.16. The van der Waals surface area contributed by atoms with Crippen molar-refractivity contribution in [3.63, 3.8) is 0 Å². The smallest absolute Gasteiger partial charge is 0.435 e. The third kappa shape index (κ3) is 5.17. The first-order valence-corrected chi connectivity index (χ1v) is 8.86. The predicted octanol–water partition coefficient (Wildman–Crippen LogP) is 5.02. The Morgan fingerprint density at radius 2 is 1.93 bits per heavy atom. The fourth-order valence-corrected chi connectivity index (χ4v) is 2.78. The highest BCUT2D eigenvalue weighted by atomic mass is 35.5. The molecule has 0 spiro atoms. The Kier molecular flexibility index (Phi) is 7.23. The standard InChI is InChI=1S/C18H14Cl2F3N3O4/c1-9(17(27)28-3)29-13-8-14(12(20)7-11(13)19)30-16-10(5-4-6-24)15(18(21,22)23)25-26(16)2/h4-5,7-9H,1-3H3/b5-4+/t9-/m0/s1. The molecule has 160 valence electrons. The minimum Gasteiger partial charge on any atom is -0.477 e. The molecule has 1 aromatic carbocycles. The molecule has 0 bridgehead atoms. The summed E-state index contributed by atoms with van der Waals surface area (Å²) in [7, 11) is 2.41. The van der Waals surface area contributed by atoms with Crippen LogP contribution in [-0.2, 0) is 22.8 Å². The van der Waals surface area contributed by atoms with Gasteiger partial charge in [-0.2, -0.15) is 23.5 Å². The number of alkyl halides is 3. The molecule has 7 nitrogen and oxygen atoms in total. The van der Waals surface area contributed by atoms with Crippen LogP contribution in [0.5, 0.6) is 17.4 Å². The van der Waals surface area contributed by atoms with Gasteiger partial charge in [-0.05, 0) is 19.1 Å². The van der Waals surface area contributed by atoms with Gasteiger partial charge in [-0.1, -0.05) is 23.2 Å². The van der Waals surface area contributed by atoms with E-state index in [1.54, 1.807) is 6.07 Å². The van der Waals surface area contributed by atoms with Crippen LogP contribution in [0.2, 0.25) is 10.0 Å².